The zero-order chi connectivity index (χ0) is 20.7. The molecule has 1 aliphatic heterocycles. The van der Waals surface area contributed by atoms with Crippen molar-refractivity contribution in [2.75, 3.05) is 13.1 Å². The van der Waals surface area contributed by atoms with Gasteiger partial charge in [0.05, 0.1) is 17.8 Å². The van der Waals surface area contributed by atoms with E-state index >= 15 is 0 Å². The van der Waals surface area contributed by atoms with E-state index in [0.29, 0.717) is 36.2 Å². The monoisotopic (exact) mass is 403 g/mol. The third-order valence-corrected chi connectivity index (χ3v) is 5.33. The van der Waals surface area contributed by atoms with Crippen LogP contribution < -0.4 is 0 Å². The van der Waals surface area contributed by atoms with E-state index in [0.717, 1.165) is 17.3 Å². The number of aromatic nitrogens is 6. The molecule has 9 heteroatoms. The van der Waals surface area contributed by atoms with Crippen LogP contribution in [-0.4, -0.2) is 54.0 Å². The molecule has 4 aromatic rings. The summed E-state index contributed by atoms with van der Waals surface area (Å²) in [6.07, 6.45) is 2.59. The molecule has 1 atom stereocenters. The van der Waals surface area contributed by atoms with Crippen LogP contribution in [0.3, 0.4) is 0 Å². The summed E-state index contributed by atoms with van der Waals surface area (Å²) < 4.78 is 7.06. The number of carbonyl (C=O) groups excluding carboxylic acids is 1. The maximum absolute atomic E-state index is 12.9. The maximum Gasteiger partial charge on any atom is 0.280 e. The van der Waals surface area contributed by atoms with Gasteiger partial charge in [0.2, 0.25) is 0 Å². The first-order valence-corrected chi connectivity index (χ1v) is 9.99. The average Bonchev–Trinajstić information content (AvgIpc) is 3.52. The number of hydrogen-bond donors (Lipinski definition) is 0. The van der Waals surface area contributed by atoms with Gasteiger partial charge in [0, 0.05) is 24.4 Å². The molecule has 0 aliphatic carbocycles. The fourth-order valence-corrected chi connectivity index (χ4v) is 3.62. The van der Waals surface area contributed by atoms with E-state index in [-0.39, 0.29) is 17.9 Å². The van der Waals surface area contributed by atoms with E-state index in [9.17, 15) is 4.79 Å². The lowest BCUT2D eigenvalue weighted by Crippen LogP contribution is -2.29. The quantitative estimate of drug-likeness (QED) is 0.516. The van der Waals surface area contributed by atoms with Crippen LogP contribution in [0.5, 0.6) is 0 Å². The van der Waals surface area contributed by atoms with Crippen molar-refractivity contribution in [3.05, 3.63) is 54.1 Å². The zero-order valence-electron chi connectivity index (χ0n) is 16.8. The second-order valence-electron chi connectivity index (χ2n) is 7.78. The van der Waals surface area contributed by atoms with Crippen LogP contribution in [0.1, 0.15) is 48.5 Å². The Balaban J connectivity index is 1.30. The molecule has 1 aliphatic rings. The molecule has 1 aromatic carbocycles. The summed E-state index contributed by atoms with van der Waals surface area (Å²) in [5.74, 6) is 1.11. The summed E-state index contributed by atoms with van der Waals surface area (Å²) in [5.41, 5.74) is 1.82. The van der Waals surface area contributed by atoms with E-state index in [2.05, 4.69) is 25.4 Å². The van der Waals surface area contributed by atoms with Crippen molar-refractivity contribution in [1.82, 2.24) is 35.0 Å². The lowest BCUT2D eigenvalue weighted by Gasteiger charge is -2.16. The predicted molar refractivity (Wildman–Crippen MR) is 109 cm³/mol. The molecule has 0 bridgehead atoms. The molecule has 3 aromatic heterocycles. The Kier molecular flexibility index (Phi) is 4.50. The molecule has 1 unspecified atom stereocenters. The van der Waals surface area contributed by atoms with Crippen LogP contribution in [0.2, 0.25) is 0 Å². The number of benzene rings is 1. The molecule has 0 saturated carbocycles. The van der Waals surface area contributed by atoms with Gasteiger partial charge in [-0.3, -0.25) is 4.79 Å². The Morgan fingerprint density at radius 1 is 1.17 bits per heavy atom. The van der Waals surface area contributed by atoms with Crippen LogP contribution in [-0.2, 0) is 0 Å². The number of amides is 1. The summed E-state index contributed by atoms with van der Waals surface area (Å²) in [7, 11) is 0. The largest absolute Gasteiger partial charge is 0.335 e. The van der Waals surface area contributed by atoms with Crippen LogP contribution in [0.4, 0.5) is 0 Å². The molecule has 1 amide bonds. The molecule has 152 valence electrons. The van der Waals surface area contributed by atoms with E-state index in [1.54, 1.807) is 16.9 Å². The standard InChI is InChI=1S/C21H21N7O2/c1-13(2)19-23-20(30-25-19)18-12-28(26-24-18)15-9-10-27(11-15)21(29)17-8-7-14-5-3-4-6-16(14)22-17/h3-8,12-13,15H,9-11H2,1-2H3. The van der Waals surface area contributed by atoms with Gasteiger partial charge in [-0.1, -0.05) is 48.5 Å². The second-order valence-corrected chi connectivity index (χ2v) is 7.78. The molecule has 0 radical (unpaired) electrons. The number of nitrogens with zero attached hydrogens (tertiary/aromatic N) is 7. The van der Waals surface area contributed by atoms with E-state index in [1.165, 1.54) is 0 Å². The molecular formula is C21H21N7O2. The minimum atomic E-state index is -0.0675. The Morgan fingerprint density at radius 2 is 2.03 bits per heavy atom. The van der Waals surface area contributed by atoms with Crippen LogP contribution in [0, 0.1) is 0 Å². The Morgan fingerprint density at radius 3 is 2.87 bits per heavy atom. The molecule has 5 rings (SSSR count). The second kappa shape index (κ2) is 7.33. The maximum atomic E-state index is 12.9. The highest BCUT2D eigenvalue weighted by Crippen LogP contribution is 2.25. The number of fused-ring (bicyclic) bond motifs is 1. The van der Waals surface area contributed by atoms with Crippen molar-refractivity contribution in [1.29, 1.82) is 0 Å². The summed E-state index contributed by atoms with van der Waals surface area (Å²) in [6, 6.07) is 11.5. The van der Waals surface area contributed by atoms with Gasteiger partial charge in [-0.2, -0.15) is 4.98 Å². The summed E-state index contributed by atoms with van der Waals surface area (Å²) in [6.45, 7) is 5.20. The summed E-state index contributed by atoms with van der Waals surface area (Å²) in [5, 5.41) is 13.4. The van der Waals surface area contributed by atoms with Crippen molar-refractivity contribution in [2.24, 2.45) is 0 Å². The van der Waals surface area contributed by atoms with Gasteiger partial charge in [-0.05, 0) is 18.6 Å². The molecular weight excluding hydrogens is 382 g/mol. The number of pyridine rings is 1. The first-order valence-electron chi connectivity index (χ1n) is 9.99. The molecule has 1 saturated heterocycles. The number of carbonyl (C=O) groups is 1. The zero-order valence-corrected chi connectivity index (χ0v) is 16.8. The topological polar surface area (TPSA) is 103 Å². The first kappa shape index (κ1) is 18.4. The molecule has 0 spiro atoms. The molecule has 9 nitrogen and oxygen atoms in total. The SMILES string of the molecule is CC(C)c1noc(-c2cn(C3CCN(C(=O)c4ccc5ccccc5n4)C3)nn2)n1. The molecule has 1 fully saturated rings. The first-order chi connectivity index (χ1) is 14.6. The minimum absolute atomic E-state index is 0.0446. The third-order valence-electron chi connectivity index (χ3n) is 5.33. The van der Waals surface area contributed by atoms with Crippen molar-refractivity contribution >= 4 is 16.8 Å². The van der Waals surface area contributed by atoms with E-state index in [1.807, 2.05) is 49.1 Å². The molecule has 4 heterocycles. The average molecular weight is 403 g/mol. The minimum Gasteiger partial charge on any atom is -0.335 e. The lowest BCUT2D eigenvalue weighted by atomic mass is 10.2. The summed E-state index contributed by atoms with van der Waals surface area (Å²) >= 11 is 0. The van der Waals surface area contributed by atoms with Gasteiger partial charge in [-0.25, -0.2) is 9.67 Å². The molecule has 0 N–H and O–H groups in total. The Bertz CT molecular complexity index is 1210. The van der Waals surface area contributed by atoms with Crippen molar-refractivity contribution in [2.45, 2.75) is 32.2 Å². The van der Waals surface area contributed by atoms with E-state index < -0.39 is 0 Å². The fourth-order valence-electron chi connectivity index (χ4n) is 3.62. The van der Waals surface area contributed by atoms with Crippen LogP contribution >= 0.6 is 0 Å². The molecule has 30 heavy (non-hydrogen) atoms. The van der Waals surface area contributed by atoms with Gasteiger partial charge >= 0.3 is 0 Å². The van der Waals surface area contributed by atoms with Gasteiger partial charge in [-0.15, -0.1) is 5.10 Å². The van der Waals surface area contributed by atoms with Gasteiger partial charge in [0.1, 0.15) is 5.69 Å². The fraction of sp³-hybridized carbons (Fsp3) is 0.333. The smallest absolute Gasteiger partial charge is 0.280 e. The third kappa shape index (κ3) is 3.32. The van der Waals surface area contributed by atoms with Gasteiger partial charge in [0.15, 0.2) is 11.5 Å². The Hall–Kier alpha value is -3.62. The predicted octanol–water partition coefficient (Wildman–Crippen LogP) is 3.09. The van der Waals surface area contributed by atoms with Crippen molar-refractivity contribution in [3.63, 3.8) is 0 Å². The normalized spacial score (nSPS) is 16.6. The highest BCUT2D eigenvalue weighted by molar-refractivity contribution is 5.95. The van der Waals surface area contributed by atoms with Crippen LogP contribution in [0.25, 0.3) is 22.5 Å². The number of likely N-dealkylation sites (tertiary alicyclic amines) is 1. The van der Waals surface area contributed by atoms with Crippen molar-refractivity contribution in [3.8, 4) is 11.6 Å². The van der Waals surface area contributed by atoms with Crippen LogP contribution in [0.15, 0.2) is 47.1 Å². The highest BCUT2D eigenvalue weighted by Gasteiger charge is 2.30. The van der Waals surface area contributed by atoms with Crippen molar-refractivity contribution < 1.29 is 9.32 Å². The highest BCUT2D eigenvalue weighted by atomic mass is 16.5. The van der Waals surface area contributed by atoms with E-state index in [4.69, 9.17) is 4.52 Å². The summed E-state index contributed by atoms with van der Waals surface area (Å²) in [4.78, 5) is 23.6. The van der Waals surface area contributed by atoms with Gasteiger partial charge in [0.25, 0.3) is 11.8 Å². The number of para-hydroxylation sites is 1. The van der Waals surface area contributed by atoms with Gasteiger partial charge < -0.3 is 9.42 Å². The number of rotatable bonds is 4. The Labute approximate surface area is 172 Å². The lowest BCUT2D eigenvalue weighted by molar-refractivity contribution is 0.0781. The number of hydrogen-bond acceptors (Lipinski definition) is 7.